The van der Waals surface area contributed by atoms with E-state index in [2.05, 4.69) is 27.4 Å². The normalized spacial score (nSPS) is 30.2. The quantitative estimate of drug-likeness (QED) is 0.582. The predicted molar refractivity (Wildman–Crippen MR) is 68.6 cm³/mol. The van der Waals surface area contributed by atoms with E-state index in [1.165, 1.54) is 25.8 Å². The number of fused-ring (bicyclic) bond motifs is 2. The van der Waals surface area contributed by atoms with Gasteiger partial charge in [0.1, 0.15) is 5.82 Å². The lowest BCUT2D eigenvalue weighted by atomic mass is 9.93. The average Bonchev–Trinajstić information content (AvgIpc) is 3.05. The molecule has 3 heteroatoms. The summed E-state index contributed by atoms with van der Waals surface area (Å²) in [6.45, 7) is 2.31. The maximum Gasteiger partial charge on any atom is 0.106 e. The van der Waals surface area contributed by atoms with Crippen molar-refractivity contribution in [2.24, 2.45) is 17.8 Å². The first-order valence-corrected chi connectivity index (χ1v) is 6.79. The molecule has 3 atom stereocenters. The lowest BCUT2D eigenvalue weighted by Gasteiger charge is -2.18. The van der Waals surface area contributed by atoms with Gasteiger partial charge in [0.2, 0.25) is 0 Å². The van der Waals surface area contributed by atoms with Crippen LogP contribution >= 0.6 is 0 Å². The highest BCUT2D eigenvalue weighted by Gasteiger charge is 2.34. The van der Waals surface area contributed by atoms with E-state index in [0.29, 0.717) is 0 Å². The van der Waals surface area contributed by atoms with Gasteiger partial charge >= 0.3 is 0 Å². The van der Waals surface area contributed by atoms with Crippen LogP contribution in [0.4, 0.5) is 0 Å². The molecule has 0 aliphatic heterocycles. The number of nitrogens with one attached hydrogen (secondary N) is 2. The van der Waals surface area contributed by atoms with E-state index in [0.717, 1.165) is 36.5 Å². The molecule has 3 nitrogen and oxygen atoms in total. The first kappa shape index (κ1) is 11.0. The van der Waals surface area contributed by atoms with Gasteiger partial charge in [-0.15, -0.1) is 0 Å². The highest BCUT2D eigenvalue weighted by molar-refractivity contribution is 5.10. The Labute approximate surface area is 103 Å². The molecule has 2 N–H and O–H groups in total. The Morgan fingerprint density at radius 3 is 3.06 bits per heavy atom. The zero-order chi connectivity index (χ0) is 11.5. The molecule has 1 saturated carbocycles. The first-order valence-electron chi connectivity index (χ1n) is 6.79. The van der Waals surface area contributed by atoms with E-state index < -0.39 is 0 Å². The van der Waals surface area contributed by atoms with Crippen LogP contribution in [0.5, 0.6) is 0 Å². The summed E-state index contributed by atoms with van der Waals surface area (Å²) in [5.41, 5.74) is 0. The smallest absolute Gasteiger partial charge is 0.106 e. The number of nitrogens with zero attached hydrogens (tertiary/aromatic N) is 1. The lowest BCUT2D eigenvalue weighted by molar-refractivity contribution is 0.413. The van der Waals surface area contributed by atoms with Crippen molar-refractivity contribution in [2.75, 3.05) is 13.1 Å². The van der Waals surface area contributed by atoms with Crippen molar-refractivity contribution in [3.63, 3.8) is 0 Å². The summed E-state index contributed by atoms with van der Waals surface area (Å²) >= 11 is 0. The lowest BCUT2D eigenvalue weighted by Crippen LogP contribution is -2.26. The predicted octanol–water partition coefficient (Wildman–Crippen LogP) is 2.14. The maximum absolute atomic E-state index is 4.23. The van der Waals surface area contributed by atoms with Gasteiger partial charge < -0.3 is 10.3 Å². The van der Waals surface area contributed by atoms with Gasteiger partial charge in [-0.2, -0.15) is 0 Å². The monoisotopic (exact) mass is 231 g/mol. The molecule has 1 fully saturated rings. The molecule has 0 aromatic carbocycles. The third kappa shape index (κ3) is 2.60. The topological polar surface area (TPSA) is 40.7 Å². The molecular weight excluding hydrogens is 210 g/mol. The zero-order valence-electron chi connectivity index (χ0n) is 10.2. The van der Waals surface area contributed by atoms with E-state index in [9.17, 15) is 0 Å². The first-order chi connectivity index (χ1) is 8.42. The maximum atomic E-state index is 4.23. The van der Waals surface area contributed by atoms with Gasteiger partial charge in [-0.3, -0.25) is 0 Å². The van der Waals surface area contributed by atoms with Crippen LogP contribution in [0, 0.1) is 17.8 Å². The molecule has 17 heavy (non-hydrogen) atoms. The minimum absolute atomic E-state index is 0.873. The van der Waals surface area contributed by atoms with Crippen LogP contribution in [0.25, 0.3) is 0 Å². The summed E-state index contributed by atoms with van der Waals surface area (Å²) in [6.07, 6.45) is 13.6. The van der Waals surface area contributed by atoms with Gasteiger partial charge in [0.25, 0.3) is 0 Å². The summed E-state index contributed by atoms with van der Waals surface area (Å²) in [7, 11) is 0. The summed E-state index contributed by atoms with van der Waals surface area (Å²) in [4.78, 5) is 7.37. The molecule has 1 heterocycles. The van der Waals surface area contributed by atoms with Crippen molar-refractivity contribution in [1.29, 1.82) is 0 Å². The molecule has 1 aromatic rings. The molecule has 0 radical (unpaired) electrons. The van der Waals surface area contributed by atoms with Crippen molar-refractivity contribution in [2.45, 2.75) is 25.7 Å². The molecule has 0 saturated heterocycles. The van der Waals surface area contributed by atoms with Crippen LogP contribution in [0.15, 0.2) is 24.5 Å². The summed E-state index contributed by atoms with van der Waals surface area (Å²) in [6, 6.07) is 0. The van der Waals surface area contributed by atoms with Crippen LogP contribution in [0.2, 0.25) is 0 Å². The van der Waals surface area contributed by atoms with Crippen LogP contribution in [-0.2, 0) is 6.42 Å². The average molecular weight is 231 g/mol. The fourth-order valence-corrected chi connectivity index (χ4v) is 3.23. The van der Waals surface area contributed by atoms with E-state index in [-0.39, 0.29) is 0 Å². The Balaban J connectivity index is 1.30. The minimum atomic E-state index is 0.873. The van der Waals surface area contributed by atoms with Gasteiger partial charge in [-0.05, 0) is 50.1 Å². The Morgan fingerprint density at radius 1 is 1.35 bits per heavy atom. The molecule has 2 bridgehead atoms. The Morgan fingerprint density at radius 2 is 2.35 bits per heavy atom. The number of allylic oxidation sites excluding steroid dienone is 2. The van der Waals surface area contributed by atoms with Crippen LogP contribution in [-0.4, -0.2) is 23.1 Å². The number of hydrogen-bond donors (Lipinski definition) is 2. The second-order valence-electron chi connectivity index (χ2n) is 5.38. The third-order valence-corrected chi connectivity index (χ3v) is 4.14. The van der Waals surface area contributed by atoms with Crippen molar-refractivity contribution in [1.82, 2.24) is 15.3 Å². The standard InChI is InChI=1S/C14H21N3/c1(2-14-16-6-7-17-14)5-15-10-13-9-11-3-4-12(13)8-11/h3-4,6-7,11-13,15H,1-2,5,8-10H2,(H,16,17). The minimum Gasteiger partial charge on any atom is -0.349 e. The fourth-order valence-electron chi connectivity index (χ4n) is 3.23. The molecular formula is C14H21N3. The van der Waals surface area contributed by atoms with Crippen molar-refractivity contribution < 1.29 is 0 Å². The summed E-state index contributed by atoms with van der Waals surface area (Å²) in [5, 5.41) is 3.60. The van der Waals surface area contributed by atoms with Gasteiger partial charge in [0, 0.05) is 18.8 Å². The molecule has 0 amide bonds. The highest BCUT2D eigenvalue weighted by Crippen LogP contribution is 2.42. The SMILES string of the molecule is C1=CC2CC1CC2CNCCCc1ncc[nH]1. The number of H-pyrrole nitrogens is 1. The van der Waals surface area contributed by atoms with E-state index in [1.54, 1.807) is 0 Å². The second-order valence-corrected chi connectivity index (χ2v) is 5.38. The molecule has 0 spiro atoms. The van der Waals surface area contributed by atoms with Crippen LogP contribution < -0.4 is 5.32 Å². The van der Waals surface area contributed by atoms with Gasteiger partial charge in [0.05, 0.1) is 0 Å². The van der Waals surface area contributed by atoms with Crippen LogP contribution in [0.1, 0.15) is 25.1 Å². The van der Waals surface area contributed by atoms with Gasteiger partial charge in [-0.1, -0.05) is 12.2 Å². The Bertz CT molecular complexity index is 369. The Hall–Kier alpha value is -1.09. The number of aromatic amines is 1. The third-order valence-electron chi connectivity index (χ3n) is 4.14. The molecule has 1 aromatic heterocycles. The highest BCUT2D eigenvalue weighted by atomic mass is 14.9. The summed E-state index contributed by atoms with van der Waals surface area (Å²) in [5.74, 6) is 3.77. The number of hydrogen-bond acceptors (Lipinski definition) is 2. The molecule has 92 valence electrons. The molecule has 3 unspecified atom stereocenters. The van der Waals surface area contributed by atoms with Gasteiger partial charge in [-0.25, -0.2) is 4.98 Å². The Kier molecular flexibility index (Phi) is 3.27. The van der Waals surface area contributed by atoms with Crippen LogP contribution in [0.3, 0.4) is 0 Å². The zero-order valence-corrected chi connectivity index (χ0v) is 10.2. The van der Waals surface area contributed by atoms with Gasteiger partial charge in [0.15, 0.2) is 0 Å². The number of aryl methyl sites for hydroxylation is 1. The number of aromatic nitrogens is 2. The van der Waals surface area contributed by atoms with Crippen molar-refractivity contribution in [3.8, 4) is 0 Å². The fraction of sp³-hybridized carbons (Fsp3) is 0.643. The van der Waals surface area contributed by atoms with Crippen molar-refractivity contribution >= 4 is 0 Å². The number of imidazole rings is 1. The number of rotatable bonds is 6. The molecule has 2 aliphatic carbocycles. The van der Waals surface area contributed by atoms with Crippen molar-refractivity contribution in [3.05, 3.63) is 30.4 Å². The molecule has 3 rings (SSSR count). The largest absolute Gasteiger partial charge is 0.349 e. The van der Waals surface area contributed by atoms with E-state index in [4.69, 9.17) is 0 Å². The molecule has 2 aliphatic rings. The van der Waals surface area contributed by atoms with E-state index in [1.807, 2.05) is 12.4 Å². The summed E-state index contributed by atoms with van der Waals surface area (Å²) < 4.78 is 0. The second kappa shape index (κ2) is 5.05. The van der Waals surface area contributed by atoms with E-state index >= 15 is 0 Å².